The van der Waals surface area contributed by atoms with Gasteiger partial charge in [-0.05, 0) is 30.5 Å². The van der Waals surface area contributed by atoms with E-state index in [0.29, 0.717) is 17.1 Å². The molecule has 1 unspecified atom stereocenters. The first-order valence-corrected chi connectivity index (χ1v) is 6.87. The van der Waals surface area contributed by atoms with Crippen LogP contribution < -0.4 is 0 Å². The molecule has 0 saturated heterocycles. The number of fused-ring (bicyclic) bond motifs is 1. The lowest BCUT2D eigenvalue weighted by Crippen LogP contribution is -2.24. The minimum Gasteiger partial charge on any atom is -0.291 e. The van der Waals surface area contributed by atoms with Crippen LogP contribution in [0.3, 0.4) is 0 Å². The summed E-state index contributed by atoms with van der Waals surface area (Å²) in [7, 11) is 0. The van der Waals surface area contributed by atoms with Crippen molar-refractivity contribution in [3.8, 4) is 11.4 Å². The van der Waals surface area contributed by atoms with E-state index in [1.165, 1.54) is 12.1 Å². The van der Waals surface area contributed by atoms with Crippen LogP contribution in [0.25, 0.3) is 11.4 Å². The van der Waals surface area contributed by atoms with Gasteiger partial charge in [0.1, 0.15) is 11.5 Å². The third-order valence-corrected chi connectivity index (χ3v) is 4.01. The number of carbonyl (C=O) groups is 1. The Labute approximate surface area is 118 Å². The summed E-state index contributed by atoms with van der Waals surface area (Å²) in [6, 6.07) is 6.05. The van der Waals surface area contributed by atoms with Crippen LogP contribution in [-0.2, 0) is 6.42 Å². The number of alkyl halides is 1. The van der Waals surface area contributed by atoms with Gasteiger partial charge in [-0.25, -0.2) is 14.4 Å². The number of hydrogen-bond donors (Lipinski definition) is 0. The van der Waals surface area contributed by atoms with Crippen molar-refractivity contribution in [2.75, 3.05) is 0 Å². The molecule has 1 heterocycles. The van der Waals surface area contributed by atoms with Gasteiger partial charge >= 0.3 is 0 Å². The van der Waals surface area contributed by atoms with Crippen LogP contribution in [0, 0.1) is 5.82 Å². The summed E-state index contributed by atoms with van der Waals surface area (Å²) in [5.74, 6) is 0.0121. The first kappa shape index (κ1) is 12.4. The number of hydrogen-bond acceptors (Lipinski definition) is 3. The lowest BCUT2D eigenvalue weighted by Gasteiger charge is -2.18. The van der Waals surface area contributed by atoms with Crippen molar-refractivity contribution in [3.63, 3.8) is 0 Å². The highest BCUT2D eigenvalue weighted by Crippen LogP contribution is 2.26. The van der Waals surface area contributed by atoms with Crippen LogP contribution >= 0.6 is 15.9 Å². The summed E-state index contributed by atoms with van der Waals surface area (Å²) in [6.45, 7) is 0. The van der Waals surface area contributed by atoms with Gasteiger partial charge in [-0.2, -0.15) is 0 Å². The molecule has 5 heteroatoms. The number of ketones is 1. The third-order valence-electron chi connectivity index (χ3n) is 3.13. The van der Waals surface area contributed by atoms with Crippen molar-refractivity contribution < 1.29 is 9.18 Å². The SMILES string of the molecule is O=C1c2nc(-c3cccc(F)c3)ncc2CCC1Br. The van der Waals surface area contributed by atoms with Crippen LogP contribution in [-0.4, -0.2) is 20.6 Å². The molecule has 1 aromatic carbocycles. The predicted molar refractivity (Wildman–Crippen MR) is 72.8 cm³/mol. The molecule has 2 aromatic rings. The maximum Gasteiger partial charge on any atom is 0.195 e. The first-order chi connectivity index (χ1) is 9.15. The van der Waals surface area contributed by atoms with E-state index >= 15 is 0 Å². The summed E-state index contributed by atoms with van der Waals surface area (Å²) >= 11 is 3.35. The fraction of sp³-hybridized carbons (Fsp3) is 0.214. The highest BCUT2D eigenvalue weighted by atomic mass is 79.9. The van der Waals surface area contributed by atoms with Crippen molar-refractivity contribution in [2.24, 2.45) is 0 Å². The number of aromatic nitrogens is 2. The predicted octanol–water partition coefficient (Wildman–Crippen LogP) is 3.18. The molecule has 0 spiro atoms. The molecule has 1 aliphatic carbocycles. The second kappa shape index (κ2) is 4.81. The lowest BCUT2D eigenvalue weighted by molar-refractivity contribution is 0.0976. The quantitative estimate of drug-likeness (QED) is 0.758. The van der Waals surface area contributed by atoms with Crippen molar-refractivity contribution in [1.29, 1.82) is 0 Å². The van der Waals surface area contributed by atoms with E-state index in [9.17, 15) is 9.18 Å². The van der Waals surface area contributed by atoms with Gasteiger partial charge in [-0.15, -0.1) is 0 Å². The molecule has 0 fully saturated rings. The molecule has 3 nitrogen and oxygen atoms in total. The fourth-order valence-electron chi connectivity index (χ4n) is 2.13. The number of halogens is 2. The molecule has 96 valence electrons. The standard InChI is InChI=1S/C14H10BrFN2O/c15-11-5-4-9-7-17-14(18-12(9)13(11)19)8-2-1-3-10(16)6-8/h1-3,6-7,11H,4-5H2. The van der Waals surface area contributed by atoms with E-state index in [0.717, 1.165) is 18.4 Å². The van der Waals surface area contributed by atoms with Gasteiger partial charge < -0.3 is 0 Å². The highest BCUT2D eigenvalue weighted by molar-refractivity contribution is 9.10. The Bertz CT molecular complexity index is 660. The Morgan fingerprint density at radius 2 is 2.21 bits per heavy atom. The second-order valence-corrected chi connectivity index (χ2v) is 5.55. The Hall–Kier alpha value is -1.62. The van der Waals surface area contributed by atoms with Crippen molar-refractivity contribution in [1.82, 2.24) is 9.97 Å². The largest absolute Gasteiger partial charge is 0.291 e. The van der Waals surface area contributed by atoms with Gasteiger partial charge in [0, 0.05) is 11.8 Å². The van der Waals surface area contributed by atoms with Crippen LogP contribution in [0.1, 0.15) is 22.5 Å². The Morgan fingerprint density at radius 3 is 3.00 bits per heavy atom. The van der Waals surface area contributed by atoms with Gasteiger partial charge in [0.05, 0.1) is 4.83 Å². The molecular formula is C14H10BrFN2O. The van der Waals surface area contributed by atoms with E-state index in [-0.39, 0.29) is 16.4 Å². The molecule has 1 aromatic heterocycles. The number of benzene rings is 1. The van der Waals surface area contributed by atoms with Crippen LogP contribution in [0.2, 0.25) is 0 Å². The molecule has 0 bridgehead atoms. The number of carbonyl (C=O) groups excluding carboxylic acids is 1. The summed E-state index contributed by atoms with van der Waals surface area (Å²) in [5.41, 5.74) is 1.88. The smallest absolute Gasteiger partial charge is 0.195 e. The minimum absolute atomic E-state index is 0.0266. The Kier molecular flexibility index (Phi) is 3.14. The van der Waals surface area contributed by atoms with Gasteiger partial charge in [-0.1, -0.05) is 28.1 Å². The average Bonchev–Trinajstić information content (AvgIpc) is 2.43. The van der Waals surface area contributed by atoms with Crippen molar-refractivity contribution in [3.05, 3.63) is 47.5 Å². The first-order valence-electron chi connectivity index (χ1n) is 5.95. The third kappa shape index (κ3) is 2.30. The zero-order valence-electron chi connectivity index (χ0n) is 9.94. The van der Waals surface area contributed by atoms with Crippen LogP contribution in [0.5, 0.6) is 0 Å². The zero-order valence-corrected chi connectivity index (χ0v) is 11.5. The Morgan fingerprint density at radius 1 is 1.37 bits per heavy atom. The van der Waals surface area contributed by atoms with E-state index in [2.05, 4.69) is 25.9 Å². The van der Waals surface area contributed by atoms with Gasteiger partial charge in [0.2, 0.25) is 0 Å². The van der Waals surface area contributed by atoms with Gasteiger partial charge in [0.15, 0.2) is 11.6 Å². The summed E-state index contributed by atoms with van der Waals surface area (Å²) < 4.78 is 13.2. The molecule has 0 aliphatic heterocycles. The van der Waals surface area contributed by atoms with E-state index in [1.54, 1.807) is 18.3 Å². The molecule has 0 saturated carbocycles. The molecule has 0 radical (unpaired) electrons. The van der Waals surface area contributed by atoms with Gasteiger partial charge in [-0.3, -0.25) is 4.79 Å². The lowest BCUT2D eigenvalue weighted by atomic mass is 9.96. The Balaban J connectivity index is 2.08. The van der Waals surface area contributed by atoms with Crippen LogP contribution in [0.15, 0.2) is 30.5 Å². The monoisotopic (exact) mass is 320 g/mol. The van der Waals surface area contributed by atoms with E-state index in [1.807, 2.05) is 0 Å². The maximum absolute atomic E-state index is 13.2. The molecule has 1 aliphatic rings. The summed E-state index contributed by atoms with van der Waals surface area (Å²) in [6.07, 6.45) is 3.20. The number of aryl methyl sites for hydroxylation is 1. The molecule has 1 atom stereocenters. The normalized spacial score (nSPS) is 18.2. The molecular weight excluding hydrogens is 311 g/mol. The maximum atomic E-state index is 13.2. The molecule has 0 amide bonds. The second-order valence-electron chi connectivity index (χ2n) is 4.45. The summed E-state index contributed by atoms with van der Waals surface area (Å²) in [5, 5.41) is 0. The summed E-state index contributed by atoms with van der Waals surface area (Å²) in [4.78, 5) is 20.4. The molecule has 0 N–H and O–H groups in total. The molecule has 3 rings (SSSR count). The van der Waals surface area contributed by atoms with Crippen molar-refractivity contribution >= 4 is 21.7 Å². The van der Waals surface area contributed by atoms with Gasteiger partial charge in [0.25, 0.3) is 0 Å². The highest BCUT2D eigenvalue weighted by Gasteiger charge is 2.27. The zero-order chi connectivity index (χ0) is 13.4. The fourth-order valence-corrected chi connectivity index (χ4v) is 2.58. The minimum atomic E-state index is -0.344. The van der Waals surface area contributed by atoms with E-state index < -0.39 is 0 Å². The van der Waals surface area contributed by atoms with Crippen LogP contribution in [0.4, 0.5) is 4.39 Å². The number of nitrogens with zero attached hydrogens (tertiary/aromatic N) is 2. The molecule has 19 heavy (non-hydrogen) atoms. The average molecular weight is 321 g/mol. The topological polar surface area (TPSA) is 42.9 Å². The van der Waals surface area contributed by atoms with Crippen molar-refractivity contribution in [2.45, 2.75) is 17.7 Å². The number of rotatable bonds is 1. The van der Waals surface area contributed by atoms with E-state index in [4.69, 9.17) is 0 Å². The number of Topliss-reactive ketones (excluding diaryl/α,β-unsaturated/α-hetero) is 1.